The Morgan fingerprint density at radius 3 is 2.48 bits per heavy atom. The second-order valence-corrected chi connectivity index (χ2v) is 6.49. The van der Waals surface area contributed by atoms with Gasteiger partial charge in [0.2, 0.25) is 0 Å². The van der Waals surface area contributed by atoms with Crippen LogP contribution in [0.25, 0.3) is 0 Å². The number of amides is 1. The summed E-state index contributed by atoms with van der Waals surface area (Å²) in [4.78, 5) is 23.0. The first-order valence-electron chi connectivity index (χ1n) is 8.49. The lowest BCUT2D eigenvalue weighted by atomic mass is 10.00. The van der Waals surface area contributed by atoms with Crippen LogP contribution in [0.4, 0.5) is 4.79 Å². The first-order valence-corrected chi connectivity index (χ1v) is 8.87. The van der Waals surface area contributed by atoms with Crippen molar-refractivity contribution in [1.82, 2.24) is 5.32 Å². The minimum absolute atomic E-state index is 0.104. The van der Waals surface area contributed by atoms with Gasteiger partial charge in [0.25, 0.3) is 0 Å². The summed E-state index contributed by atoms with van der Waals surface area (Å²) < 4.78 is 5.06. The van der Waals surface area contributed by atoms with Gasteiger partial charge in [-0.15, -0.1) is 0 Å². The summed E-state index contributed by atoms with van der Waals surface area (Å²) in [7, 11) is 0. The van der Waals surface area contributed by atoms with Gasteiger partial charge in [-0.3, -0.25) is 4.79 Å². The minimum Gasteiger partial charge on any atom is -0.445 e. The topological polar surface area (TPSA) is 95.9 Å². The normalized spacial score (nSPS) is 12.9. The standard InChI is InChI=1S/C20H22ClNO5/c1-13(23)15-7-8-16(17(21)11-15)19(25)18(24)9-10-22-20(26)27-12-14-5-3-2-4-6-14/h2-8,11,18-19,24-25H,9-10,12H2,1H3,(H,22,26). The van der Waals surface area contributed by atoms with Gasteiger partial charge in [-0.25, -0.2) is 4.79 Å². The van der Waals surface area contributed by atoms with E-state index in [2.05, 4.69) is 5.32 Å². The zero-order chi connectivity index (χ0) is 19.8. The van der Waals surface area contributed by atoms with Crippen LogP contribution in [0.1, 0.15) is 40.9 Å². The van der Waals surface area contributed by atoms with Crippen molar-refractivity contribution in [3.8, 4) is 0 Å². The Bertz CT molecular complexity index is 781. The maximum Gasteiger partial charge on any atom is 0.407 e. The van der Waals surface area contributed by atoms with Gasteiger partial charge in [0.05, 0.1) is 6.10 Å². The second-order valence-electron chi connectivity index (χ2n) is 6.08. The number of hydrogen-bond acceptors (Lipinski definition) is 5. The molecule has 27 heavy (non-hydrogen) atoms. The quantitative estimate of drug-likeness (QED) is 0.600. The van der Waals surface area contributed by atoms with Crippen LogP contribution in [0.2, 0.25) is 5.02 Å². The average molecular weight is 392 g/mol. The van der Waals surface area contributed by atoms with Gasteiger partial charge in [-0.2, -0.15) is 0 Å². The summed E-state index contributed by atoms with van der Waals surface area (Å²) in [5.74, 6) is -0.142. The van der Waals surface area contributed by atoms with Crippen LogP contribution in [0, 0.1) is 0 Å². The number of aliphatic hydroxyl groups is 2. The molecular weight excluding hydrogens is 370 g/mol. The number of halogens is 1. The number of alkyl carbamates (subject to hydrolysis) is 1. The molecule has 6 nitrogen and oxygen atoms in total. The number of rotatable bonds is 8. The van der Waals surface area contributed by atoms with Gasteiger partial charge in [0.15, 0.2) is 5.78 Å². The Labute approximate surface area is 162 Å². The fraction of sp³-hybridized carbons (Fsp3) is 0.300. The molecular formula is C20H22ClNO5. The van der Waals surface area contributed by atoms with Gasteiger partial charge in [0.1, 0.15) is 12.7 Å². The number of ether oxygens (including phenoxy) is 1. The minimum atomic E-state index is -1.24. The molecule has 1 amide bonds. The smallest absolute Gasteiger partial charge is 0.407 e. The molecule has 0 bridgehead atoms. The molecule has 0 aliphatic rings. The largest absolute Gasteiger partial charge is 0.445 e. The molecule has 0 aliphatic heterocycles. The first-order chi connectivity index (χ1) is 12.9. The van der Waals surface area contributed by atoms with Crippen molar-refractivity contribution >= 4 is 23.5 Å². The van der Waals surface area contributed by atoms with E-state index in [1.807, 2.05) is 30.3 Å². The molecule has 0 saturated heterocycles. The number of hydrogen-bond donors (Lipinski definition) is 3. The Kier molecular flexibility index (Phi) is 7.79. The molecule has 0 aromatic heterocycles. The third-order valence-electron chi connectivity index (χ3n) is 4.01. The Balaban J connectivity index is 1.78. The van der Waals surface area contributed by atoms with Crippen molar-refractivity contribution in [3.05, 3.63) is 70.2 Å². The van der Waals surface area contributed by atoms with Gasteiger partial charge in [0, 0.05) is 22.7 Å². The predicted molar refractivity (Wildman–Crippen MR) is 102 cm³/mol. The first kappa shape index (κ1) is 20.9. The van der Waals surface area contributed by atoms with Crippen molar-refractivity contribution in [2.24, 2.45) is 0 Å². The van der Waals surface area contributed by atoms with Crippen molar-refractivity contribution in [1.29, 1.82) is 0 Å². The molecule has 2 atom stereocenters. The van der Waals surface area contributed by atoms with Crippen LogP contribution in [-0.2, 0) is 11.3 Å². The van der Waals surface area contributed by atoms with E-state index in [4.69, 9.17) is 16.3 Å². The summed E-state index contributed by atoms with van der Waals surface area (Å²) in [5.41, 5.74) is 1.61. The average Bonchev–Trinajstić information content (AvgIpc) is 2.66. The van der Waals surface area contributed by atoms with Gasteiger partial charge in [-0.1, -0.05) is 54.1 Å². The van der Waals surface area contributed by atoms with E-state index in [1.165, 1.54) is 19.1 Å². The van der Waals surface area contributed by atoms with E-state index < -0.39 is 18.3 Å². The molecule has 0 aliphatic carbocycles. The van der Waals surface area contributed by atoms with E-state index in [0.29, 0.717) is 11.1 Å². The Hall–Kier alpha value is -2.41. The molecule has 0 radical (unpaired) electrons. The van der Waals surface area contributed by atoms with E-state index in [1.54, 1.807) is 6.07 Å². The van der Waals surface area contributed by atoms with Gasteiger partial charge < -0.3 is 20.3 Å². The van der Waals surface area contributed by atoms with Crippen LogP contribution in [0.3, 0.4) is 0 Å². The number of aliphatic hydroxyl groups excluding tert-OH is 2. The van der Waals surface area contributed by atoms with E-state index in [9.17, 15) is 19.8 Å². The molecule has 2 unspecified atom stereocenters. The van der Waals surface area contributed by atoms with Crippen molar-refractivity contribution in [3.63, 3.8) is 0 Å². The molecule has 0 fully saturated rings. The highest BCUT2D eigenvalue weighted by Gasteiger charge is 2.21. The molecule has 0 heterocycles. The molecule has 2 aromatic carbocycles. The summed E-state index contributed by atoms with van der Waals surface area (Å²) in [5, 5.41) is 23.1. The van der Waals surface area contributed by atoms with Crippen LogP contribution < -0.4 is 5.32 Å². The molecule has 2 rings (SSSR count). The van der Waals surface area contributed by atoms with Crippen molar-refractivity contribution in [2.45, 2.75) is 32.2 Å². The second kappa shape index (κ2) is 10.1. The van der Waals surface area contributed by atoms with Gasteiger partial charge >= 0.3 is 6.09 Å². The maximum absolute atomic E-state index is 11.7. The van der Waals surface area contributed by atoms with E-state index >= 15 is 0 Å². The summed E-state index contributed by atoms with van der Waals surface area (Å²) >= 11 is 6.08. The van der Waals surface area contributed by atoms with Crippen molar-refractivity contribution < 1.29 is 24.5 Å². The Morgan fingerprint density at radius 1 is 1.15 bits per heavy atom. The summed E-state index contributed by atoms with van der Waals surface area (Å²) in [6.07, 6.45) is -2.88. The number of carbonyl (C=O) groups excluding carboxylic acids is 2. The molecule has 144 valence electrons. The van der Waals surface area contributed by atoms with E-state index in [-0.39, 0.29) is 30.4 Å². The molecule has 2 aromatic rings. The fourth-order valence-electron chi connectivity index (χ4n) is 2.45. The Morgan fingerprint density at radius 2 is 1.85 bits per heavy atom. The zero-order valence-electron chi connectivity index (χ0n) is 14.9. The lowest BCUT2D eigenvalue weighted by Crippen LogP contribution is -2.29. The molecule has 0 saturated carbocycles. The SMILES string of the molecule is CC(=O)c1ccc(C(O)C(O)CCNC(=O)OCc2ccccc2)c(Cl)c1. The number of nitrogens with one attached hydrogen (secondary N) is 1. The van der Waals surface area contributed by atoms with Crippen LogP contribution in [-0.4, -0.2) is 34.7 Å². The van der Waals surface area contributed by atoms with Crippen LogP contribution >= 0.6 is 11.6 Å². The third-order valence-corrected chi connectivity index (χ3v) is 4.34. The third kappa shape index (κ3) is 6.36. The van der Waals surface area contributed by atoms with E-state index in [0.717, 1.165) is 5.56 Å². The summed E-state index contributed by atoms with van der Waals surface area (Å²) in [6, 6.07) is 13.8. The van der Waals surface area contributed by atoms with Crippen molar-refractivity contribution in [2.75, 3.05) is 6.54 Å². The number of carbonyl (C=O) groups is 2. The van der Waals surface area contributed by atoms with Crippen LogP contribution in [0.15, 0.2) is 48.5 Å². The fourth-order valence-corrected chi connectivity index (χ4v) is 2.74. The zero-order valence-corrected chi connectivity index (χ0v) is 15.6. The molecule has 7 heteroatoms. The molecule has 0 spiro atoms. The molecule has 3 N–H and O–H groups in total. The predicted octanol–water partition coefficient (Wildman–Crippen LogP) is 3.25. The van der Waals surface area contributed by atoms with Crippen LogP contribution in [0.5, 0.6) is 0 Å². The highest BCUT2D eigenvalue weighted by atomic mass is 35.5. The highest BCUT2D eigenvalue weighted by Crippen LogP contribution is 2.27. The lowest BCUT2D eigenvalue weighted by molar-refractivity contribution is 0.0137. The monoisotopic (exact) mass is 391 g/mol. The highest BCUT2D eigenvalue weighted by molar-refractivity contribution is 6.31. The maximum atomic E-state index is 11.7. The number of ketones is 1. The number of Topliss-reactive ketones (excluding diaryl/α,β-unsaturated/α-hetero) is 1. The lowest BCUT2D eigenvalue weighted by Gasteiger charge is -2.19. The van der Waals surface area contributed by atoms with Gasteiger partial charge in [-0.05, 0) is 25.0 Å². The number of benzene rings is 2. The summed E-state index contributed by atoms with van der Waals surface area (Å²) in [6.45, 7) is 1.68.